The van der Waals surface area contributed by atoms with Gasteiger partial charge in [-0.05, 0) is 42.2 Å². The summed E-state index contributed by atoms with van der Waals surface area (Å²) >= 11 is 6.13. The molecule has 0 saturated heterocycles. The molecule has 3 rings (SSSR count). The second kappa shape index (κ2) is 5.25. The lowest BCUT2D eigenvalue weighted by molar-refractivity contribution is -0.117. The summed E-state index contributed by atoms with van der Waals surface area (Å²) in [5, 5.41) is 3.43. The van der Waals surface area contributed by atoms with Gasteiger partial charge in [-0.2, -0.15) is 0 Å². The van der Waals surface area contributed by atoms with Crippen molar-refractivity contribution in [1.82, 2.24) is 0 Å². The summed E-state index contributed by atoms with van der Waals surface area (Å²) in [7, 11) is 0. The van der Waals surface area contributed by atoms with Gasteiger partial charge >= 0.3 is 0 Å². The van der Waals surface area contributed by atoms with E-state index in [4.69, 9.17) is 11.6 Å². The van der Waals surface area contributed by atoms with Gasteiger partial charge in [-0.25, -0.2) is 4.39 Å². The smallest absolute Gasteiger partial charge is 0.228 e. The van der Waals surface area contributed by atoms with E-state index in [1.54, 1.807) is 12.1 Å². The van der Waals surface area contributed by atoms with Crippen LogP contribution in [0.4, 0.5) is 10.1 Å². The maximum Gasteiger partial charge on any atom is 0.228 e. The van der Waals surface area contributed by atoms with Gasteiger partial charge in [-0.1, -0.05) is 35.9 Å². The highest BCUT2D eigenvalue weighted by Gasteiger charge is 2.44. The van der Waals surface area contributed by atoms with Crippen molar-refractivity contribution in [2.24, 2.45) is 5.92 Å². The first kappa shape index (κ1) is 13.1. The number of hydrogen-bond acceptors (Lipinski definition) is 1. The zero-order valence-electron chi connectivity index (χ0n) is 10.6. The highest BCUT2D eigenvalue weighted by molar-refractivity contribution is 6.31. The summed E-state index contributed by atoms with van der Waals surface area (Å²) in [6, 6.07) is 13.5. The number of rotatable bonds is 3. The third-order valence-electron chi connectivity index (χ3n) is 3.52. The molecule has 1 N–H and O–H groups in total. The standard InChI is InChI=1S/C16H13ClFNO/c17-15-7-2-1-6-12(15)13-9-14(13)16(20)19-11-5-3-4-10(18)8-11/h1-8,13-14H,9H2,(H,19,20). The third-order valence-corrected chi connectivity index (χ3v) is 3.87. The van der Waals surface area contributed by atoms with Gasteiger partial charge in [0.25, 0.3) is 0 Å². The molecule has 0 spiro atoms. The second-order valence-electron chi connectivity index (χ2n) is 4.97. The molecule has 0 heterocycles. The Morgan fingerprint density at radius 1 is 1.20 bits per heavy atom. The van der Waals surface area contributed by atoms with Crippen LogP contribution in [0.3, 0.4) is 0 Å². The van der Waals surface area contributed by atoms with E-state index in [0.717, 1.165) is 12.0 Å². The number of anilines is 1. The zero-order chi connectivity index (χ0) is 14.1. The molecule has 102 valence electrons. The number of carbonyl (C=O) groups excluding carboxylic acids is 1. The average molecular weight is 290 g/mol. The summed E-state index contributed by atoms with van der Waals surface area (Å²) in [5.41, 5.74) is 1.49. The summed E-state index contributed by atoms with van der Waals surface area (Å²) in [6.45, 7) is 0. The zero-order valence-corrected chi connectivity index (χ0v) is 11.4. The maximum atomic E-state index is 13.1. The van der Waals surface area contributed by atoms with E-state index >= 15 is 0 Å². The Morgan fingerprint density at radius 2 is 2.00 bits per heavy atom. The van der Waals surface area contributed by atoms with Crippen LogP contribution in [0.5, 0.6) is 0 Å². The van der Waals surface area contributed by atoms with Crippen molar-refractivity contribution in [2.45, 2.75) is 12.3 Å². The SMILES string of the molecule is O=C(Nc1cccc(F)c1)C1CC1c1ccccc1Cl. The van der Waals surface area contributed by atoms with Crippen molar-refractivity contribution in [3.05, 3.63) is 64.9 Å². The molecule has 2 atom stereocenters. The predicted molar refractivity (Wildman–Crippen MR) is 77.3 cm³/mol. The number of carbonyl (C=O) groups is 1. The van der Waals surface area contributed by atoms with Gasteiger partial charge in [0.1, 0.15) is 5.82 Å². The minimum atomic E-state index is -0.360. The third kappa shape index (κ3) is 2.68. The van der Waals surface area contributed by atoms with Gasteiger partial charge in [-0.3, -0.25) is 4.79 Å². The number of benzene rings is 2. The Balaban J connectivity index is 1.68. The number of nitrogens with one attached hydrogen (secondary N) is 1. The maximum absolute atomic E-state index is 13.1. The Labute approximate surface area is 121 Å². The molecule has 0 bridgehead atoms. The Hall–Kier alpha value is -1.87. The van der Waals surface area contributed by atoms with Crippen LogP contribution in [0.1, 0.15) is 17.9 Å². The van der Waals surface area contributed by atoms with Crippen LogP contribution in [0.25, 0.3) is 0 Å². The molecule has 1 fully saturated rings. The first-order valence-corrected chi connectivity index (χ1v) is 6.84. The van der Waals surface area contributed by atoms with E-state index in [1.165, 1.54) is 12.1 Å². The molecule has 4 heteroatoms. The molecule has 20 heavy (non-hydrogen) atoms. The highest BCUT2D eigenvalue weighted by Crippen LogP contribution is 2.49. The predicted octanol–water partition coefficient (Wildman–Crippen LogP) is 4.22. The van der Waals surface area contributed by atoms with E-state index < -0.39 is 0 Å². The molecule has 0 radical (unpaired) electrons. The van der Waals surface area contributed by atoms with E-state index in [-0.39, 0.29) is 23.6 Å². The fourth-order valence-electron chi connectivity index (χ4n) is 2.41. The molecule has 2 aromatic rings. The Bertz CT molecular complexity index is 658. The fourth-order valence-corrected chi connectivity index (χ4v) is 2.68. The fraction of sp³-hybridized carbons (Fsp3) is 0.188. The first-order chi connectivity index (χ1) is 9.65. The van der Waals surface area contributed by atoms with Crippen molar-refractivity contribution in [2.75, 3.05) is 5.32 Å². The molecule has 2 nitrogen and oxygen atoms in total. The number of amides is 1. The van der Waals surface area contributed by atoms with Crippen LogP contribution in [0.15, 0.2) is 48.5 Å². The molecule has 1 aliphatic rings. The Kier molecular flexibility index (Phi) is 3.45. The van der Waals surface area contributed by atoms with Crippen molar-refractivity contribution in [3.8, 4) is 0 Å². The van der Waals surface area contributed by atoms with Crippen molar-refractivity contribution in [3.63, 3.8) is 0 Å². The molecule has 1 saturated carbocycles. The van der Waals surface area contributed by atoms with Crippen LogP contribution in [-0.2, 0) is 4.79 Å². The van der Waals surface area contributed by atoms with E-state index in [0.29, 0.717) is 10.7 Å². The molecular weight excluding hydrogens is 277 g/mol. The van der Waals surface area contributed by atoms with E-state index in [1.807, 2.05) is 24.3 Å². The lowest BCUT2D eigenvalue weighted by Crippen LogP contribution is -2.14. The first-order valence-electron chi connectivity index (χ1n) is 6.46. The summed E-state index contributed by atoms with van der Waals surface area (Å²) in [4.78, 5) is 12.1. The number of hydrogen-bond donors (Lipinski definition) is 1. The van der Waals surface area contributed by atoms with Gasteiger partial charge in [0, 0.05) is 16.6 Å². The normalized spacial score (nSPS) is 20.5. The largest absolute Gasteiger partial charge is 0.326 e. The molecule has 1 aliphatic carbocycles. The van der Waals surface area contributed by atoms with E-state index in [9.17, 15) is 9.18 Å². The number of halogens is 2. The van der Waals surface area contributed by atoms with Crippen LogP contribution >= 0.6 is 11.6 Å². The van der Waals surface area contributed by atoms with Gasteiger partial charge in [0.15, 0.2) is 0 Å². The molecule has 0 aromatic heterocycles. The molecule has 0 aliphatic heterocycles. The van der Waals surface area contributed by atoms with Crippen LogP contribution in [-0.4, -0.2) is 5.91 Å². The lowest BCUT2D eigenvalue weighted by atomic mass is 10.1. The summed E-state index contributed by atoms with van der Waals surface area (Å²) in [5.74, 6) is -0.364. The second-order valence-corrected chi connectivity index (χ2v) is 5.38. The van der Waals surface area contributed by atoms with Crippen LogP contribution in [0.2, 0.25) is 5.02 Å². The van der Waals surface area contributed by atoms with Crippen LogP contribution in [0, 0.1) is 11.7 Å². The van der Waals surface area contributed by atoms with Crippen LogP contribution < -0.4 is 5.32 Å². The highest BCUT2D eigenvalue weighted by atomic mass is 35.5. The lowest BCUT2D eigenvalue weighted by Gasteiger charge is -2.06. The molecule has 2 unspecified atom stereocenters. The topological polar surface area (TPSA) is 29.1 Å². The minimum Gasteiger partial charge on any atom is -0.326 e. The summed E-state index contributed by atoms with van der Waals surface area (Å²) in [6.07, 6.45) is 0.783. The molecule has 1 amide bonds. The molecular formula is C16H13ClFNO. The van der Waals surface area contributed by atoms with Gasteiger partial charge < -0.3 is 5.32 Å². The van der Waals surface area contributed by atoms with Gasteiger partial charge in [0.2, 0.25) is 5.91 Å². The monoisotopic (exact) mass is 289 g/mol. The van der Waals surface area contributed by atoms with Crippen molar-refractivity contribution in [1.29, 1.82) is 0 Å². The average Bonchev–Trinajstić information content (AvgIpc) is 3.19. The van der Waals surface area contributed by atoms with Crippen molar-refractivity contribution >= 4 is 23.2 Å². The van der Waals surface area contributed by atoms with Gasteiger partial charge in [-0.15, -0.1) is 0 Å². The quantitative estimate of drug-likeness (QED) is 0.900. The van der Waals surface area contributed by atoms with Crippen molar-refractivity contribution < 1.29 is 9.18 Å². The molecule has 2 aromatic carbocycles. The van der Waals surface area contributed by atoms with Gasteiger partial charge in [0.05, 0.1) is 0 Å². The minimum absolute atomic E-state index is 0.0829. The summed E-state index contributed by atoms with van der Waals surface area (Å²) < 4.78 is 13.1. The van der Waals surface area contributed by atoms with E-state index in [2.05, 4.69) is 5.32 Å². The Morgan fingerprint density at radius 3 is 2.75 bits per heavy atom.